The van der Waals surface area contributed by atoms with Crippen LogP contribution in [0.4, 0.5) is 0 Å². The molecule has 0 radical (unpaired) electrons. The van der Waals surface area contributed by atoms with Gasteiger partial charge >= 0.3 is 0 Å². The molecule has 3 nitrogen and oxygen atoms in total. The Balaban J connectivity index is 1.43. The van der Waals surface area contributed by atoms with Gasteiger partial charge in [0.05, 0.1) is 19.3 Å². The van der Waals surface area contributed by atoms with Gasteiger partial charge in [0.25, 0.3) is 0 Å². The number of allylic oxidation sites excluding steroid dienone is 3. The van der Waals surface area contributed by atoms with Gasteiger partial charge in [0.1, 0.15) is 0 Å². The van der Waals surface area contributed by atoms with Gasteiger partial charge in [-0.05, 0) is 107 Å². The summed E-state index contributed by atoms with van der Waals surface area (Å²) in [7, 11) is 0. The highest BCUT2D eigenvalue weighted by molar-refractivity contribution is 5.37. The topological polar surface area (TPSA) is 32.7 Å². The Hall–Kier alpha value is -0.900. The van der Waals surface area contributed by atoms with E-state index in [1.54, 1.807) is 5.57 Å². The zero-order valence-electron chi connectivity index (χ0n) is 19.6. The zero-order valence-corrected chi connectivity index (χ0v) is 19.6. The zero-order chi connectivity index (χ0) is 21.4. The summed E-state index contributed by atoms with van der Waals surface area (Å²) in [6, 6.07) is 0. The summed E-state index contributed by atoms with van der Waals surface area (Å²) in [6.45, 7) is 15.4. The van der Waals surface area contributed by atoms with Crippen LogP contribution < -0.4 is 0 Å². The van der Waals surface area contributed by atoms with Crippen LogP contribution in [0.1, 0.15) is 78.6 Å². The Morgan fingerprint density at radius 3 is 2.77 bits per heavy atom. The molecule has 4 aliphatic rings. The van der Waals surface area contributed by atoms with E-state index in [2.05, 4.69) is 44.4 Å². The van der Waals surface area contributed by atoms with Crippen LogP contribution in [0.2, 0.25) is 0 Å². The molecular formula is C27H43NO2. The second-order valence-electron chi connectivity index (χ2n) is 11.2. The van der Waals surface area contributed by atoms with Gasteiger partial charge in [-0.15, -0.1) is 0 Å². The number of aliphatic hydroxyl groups is 1. The summed E-state index contributed by atoms with van der Waals surface area (Å²) in [5.74, 6) is 1.58. The van der Waals surface area contributed by atoms with Gasteiger partial charge in [-0.2, -0.15) is 0 Å². The summed E-state index contributed by atoms with van der Waals surface area (Å²) in [6.07, 6.45) is 15.4. The van der Waals surface area contributed by atoms with E-state index in [4.69, 9.17) is 4.74 Å². The molecule has 1 heterocycles. The second kappa shape index (κ2) is 8.92. The maximum Gasteiger partial charge on any atom is 0.0787 e. The van der Waals surface area contributed by atoms with Crippen molar-refractivity contribution in [1.82, 2.24) is 4.90 Å². The first-order valence-corrected chi connectivity index (χ1v) is 12.4. The molecule has 0 amide bonds. The van der Waals surface area contributed by atoms with Crippen molar-refractivity contribution in [3.8, 4) is 0 Å². The van der Waals surface area contributed by atoms with E-state index >= 15 is 0 Å². The van der Waals surface area contributed by atoms with Crippen LogP contribution >= 0.6 is 0 Å². The minimum absolute atomic E-state index is 0.175. The van der Waals surface area contributed by atoms with Crippen molar-refractivity contribution in [3.05, 3.63) is 35.5 Å². The molecule has 30 heavy (non-hydrogen) atoms. The number of nitrogens with zero attached hydrogens (tertiary/aromatic N) is 1. The lowest BCUT2D eigenvalue weighted by molar-refractivity contribution is -0.0550. The Morgan fingerprint density at radius 2 is 1.97 bits per heavy atom. The molecule has 3 aliphatic carbocycles. The SMILES string of the molecule is C=C1/C(=C\C=C2/CCCC3(C)C2CC[C@@H]3CCN2CCOCC2(C)C)CCC[C@@H]1O. The monoisotopic (exact) mass is 413 g/mol. The predicted molar refractivity (Wildman–Crippen MR) is 124 cm³/mol. The van der Waals surface area contributed by atoms with E-state index in [-0.39, 0.29) is 11.6 Å². The van der Waals surface area contributed by atoms with Crippen molar-refractivity contribution < 1.29 is 9.84 Å². The quantitative estimate of drug-likeness (QED) is 0.646. The Bertz CT molecular complexity index is 706. The molecule has 3 saturated carbocycles. The lowest BCUT2D eigenvalue weighted by atomic mass is 9.63. The van der Waals surface area contributed by atoms with E-state index in [0.29, 0.717) is 5.41 Å². The number of hydrogen-bond acceptors (Lipinski definition) is 3. The summed E-state index contributed by atoms with van der Waals surface area (Å²) >= 11 is 0. The Kier molecular flexibility index (Phi) is 6.63. The van der Waals surface area contributed by atoms with Crippen molar-refractivity contribution in [3.63, 3.8) is 0 Å². The van der Waals surface area contributed by atoms with Gasteiger partial charge in [-0.1, -0.05) is 31.2 Å². The predicted octanol–water partition coefficient (Wildman–Crippen LogP) is 5.66. The van der Waals surface area contributed by atoms with Crippen LogP contribution in [0, 0.1) is 17.3 Å². The maximum atomic E-state index is 10.1. The third-order valence-corrected chi connectivity index (χ3v) is 8.96. The van der Waals surface area contributed by atoms with Crippen LogP contribution in [0.3, 0.4) is 0 Å². The molecule has 0 aromatic heterocycles. The Morgan fingerprint density at radius 1 is 1.13 bits per heavy atom. The van der Waals surface area contributed by atoms with Crippen molar-refractivity contribution in [2.45, 2.75) is 90.2 Å². The second-order valence-corrected chi connectivity index (χ2v) is 11.2. The van der Waals surface area contributed by atoms with Gasteiger partial charge in [0.2, 0.25) is 0 Å². The summed E-state index contributed by atoms with van der Waals surface area (Å²) in [5.41, 5.74) is 4.53. The fourth-order valence-corrected chi connectivity index (χ4v) is 6.87. The van der Waals surface area contributed by atoms with Gasteiger partial charge in [0, 0.05) is 12.1 Å². The highest BCUT2D eigenvalue weighted by atomic mass is 16.5. The molecule has 0 spiro atoms. The van der Waals surface area contributed by atoms with Crippen molar-refractivity contribution in [2.24, 2.45) is 17.3 Å². The van der Waals surface area contributed by atoms with E-state index in [9.17, 15) is 5.11 Å². The fourth-order valence-electron chi connectivity index (χ4n) is 6.87. The van der Waals surface area contributed by atoms with Gasteiger partial charge in [-0.25, -0.2) is 0 Å². The summed E-state index contributed by atoms with van der Waals surface area (Å²) in [5, 5.41) is 10.1. The van der Waals surface area contributed by atoms with E-state index in [0.717, 1.165) is 56.4 Å². The molecule has 0 bridgehead atoms. The first-order valence-electron chi connectivity index (χ1n) is 12.4. The number of fused-ring (bicyclic) bond motifs is 1. The van der Waals surface area contributed by atoms with Crippen molar-refractivity contribution in [1.29, 1.82) is 0 Å². The highest BCUT2D eigenvalue weighted by Gasteiger charge is 2.49. The van der Waals surface area contributed by atoms with Crippen LogP contribution in [0.25, 0.3) is 0 Å². The fraction of sp³-hybridized carbons (Fsp3) is 0.778. The summed E-state index contributed by atoms with van der Waals surface area (Å²) in [4.78, 5) is 2.66. The number of ether oxygens (including phenoxy) is 1. The van der Waals surface area contributed by atoms with E-state index in [1.807, 2.05) is 0 Å². The largest absolute Gasteiger partial charge is 0.388 e. The maximum absolute atomic E-state index is 10.1. The van der Waals surface area contributed by atoms with Crippen LogP contribution in [-0.4, -0.2) is 48.0 Å². The Labute approximate surface area is 184 Å². The minimum Gasteiger partial charge on any atom is -0.388 e. The number of rotatable bonds is 4. The number of aliphatic hydroxyl groups excluding tert-OH is 1. The van der Waals surface area contributed by atoms with Crippen LogP contribution in [-0.2, 0) is 4.74 Å². The number of morpholine rings is 1. The molecular weight excluding hydrogens is 370 g/mol. The molecule has 4 rings (SSSR count). The average Bonchev–Trinajstić information content (AvgIpc) is 3.05. The molecule has 0 aromatic rings. The molecule has 2 unspecified atom stereocenters. The molecule has 4 atom stereocenters. The van der Waals surface area contributed by atoms with Gasteiger partial charge in [0.15, 0.2) is 0 Å². The molecule has 3 heteroatoms. The standard InChI is InChI=1S/C27H43NO2/c1-20-21(7-5-9-25(20)29)10-11-22-8-6-15-27(4)23(12-13-24(22)27)14-16-28-17-18-30-19-26(28,2)3/h10-11,23-25,29H,1,5-9,12-19H2,2-4H3/b21-10-,22-11+/t23-,24?,25+,27?/m1/s1. The molecule has 168 valence electrons. The lowest BCUT2D eigenvalue weighted by Gasteiger charge is -2.45. The lowest BCUT2D eigenvalue weighted by Crippen LogP contribution is -2.53. The number of hydrogen-bond donors (Lipinski definition) is 1. The normalized spacial score (nSPS) is 40.1. The van der Waals surface area contributed by atoms with Crippen LogP contribution in [0.15, 0.2) is 35.5 Å². The van der Waals surface area contributed by atoms with Gasteiger partial charge in [-0.3, -0.25) is 4.90 Å². The van der Waals surface area contributed by atoms with Gasteiger partial charge < -0.3 is 9.84 Å². The van der Waals surface area contributed by atoms with Crippen molar-refractivity contribution >= 4 is 0 Å². The molecule has 4 fully saturated rings. The summed E-state index contributed by atoms with van der Waals surface area (Å²) < 4.78 is 5.72. The third kappa shape index (κ3) is 4.36. The molecule has 1 aliphatic heterocycles. The highest BCUT2D eigenvalue weighted by Crippen LogP contribution is 2.58. The minimum atomic E-state index is -0.333. The first-order chi connectivity index (χ1) is 14.3. The van der Waals surface area contributed by atoms with Crippen LogP contribution in [0.5, 0.6) is 0 Å². The van der Waals surface area contributed by atoms with Crippen molar-refractivity contribution in [2.75, 3.05) is 26.3 Å². The average molecular weight is 414 g/mol. The third-order valence-electron chi connectivity index (χ3n) is 8.96. The van der Waals surface area contributed by atoms with E-state index in [1.165, 1.54) is 50.6 Å². The molecule has 1 N–H and O–H groups in total. The molecule has 0 aromatic carbocycles. The first kappa shape index (κ1) is 22.3. The van der Waals surface area contributed by atoms with E-state index < -0.39 is 0 Å². The smallest absolute Gasteiger partial charge is 0.0787 e. The molecule has 1 saturated heterocycles.